The summed E-state index contributed by atoms with van der Waals surface area (Å²) in [5.74, 6) is 0.702. The number of thioether (sulfide) groups is 1. The Morgan fingerprint density at radius 2 is 2.15 bits per heavy atom. The van der Waals surface area contributed by atoms with Gasteiger partial charge in [-0.3, -0.25) is 0 Å². The standard InChI is InChI=1S/C14H19N5S/c1-20-13-7-5-11(6-8-13)14-16-18-19(17-14)10-12-4-2-3-9-15-12/h5-8,12,15H,2-4,9-10H2,1H3. The highest BCUT2D eigenvalue weighted by Crippen LogP contribution is 2.19. The number of piperidine rings is 1. The van der Waals surface area contributed by atoms with Crippen LogP contribution in [0.3, 0.4) is 0 Å². The van der Waals surface area contributed by atoms with Crippen molar-refractivity contribution in [2.45, 2.75) is 36.7 Å². The molecule has 0 saturated carbocycles. The van der Waals surface area contributed by atoms with Crippen LogP contribution in [0.25, 0.3) is 11.4 Å². The Hall–Kier alpha value is -1.40. The molecule has 1 atom stereocenters. The van der Waals surface area contributed by atoms with Crippen molar-refractivity contribution in [2.75, 3.05) is 12.8 Å². The van der Waals surface area contributed by atoms with Crippen molar-refractivity contribution in [1.82, 2.24) is 25.5 Å². The van der Waals surface area contributed by atoms with Gasteiger partial charge in [0.05, 0.1) is 6.54 Å². The van der Waals surface area contributed by atoms with Crippen LogP contribution >= 0.6 is 11.8 Å². The number of rotatable bonds is 4. The first kappa shape index (κ1) is 13.6. The molecule has 20 heavy (non-hydrogen) atoms. The monoisotopic (exact) mass is 289 g/mol. The minimum atomic E-state index is 0.477. The van der Waals surface area contributed by atoms with Gasteiger partial charge in [-0.25, -0.2) is 0 Å². The second kappa shape index (κ2) is 6.37. The van der Waals surface area contributed by atoms with Gasteiger partial charge in [0, 0.05) is 16.5 Å². The van der Waals surface area contributed by atoms with Crippen LogP contribution in [0.15, 0.2) is 29.2 Å². The van der Waals surface area contributed by atoms with Gasteiger partial charge in [-0.2, -0.15) is 4.80 Å². The summed E-state index contributed by atoms with van der Waals surface area (Å²) in [6, 6.07) is 8.75. The molecule has 1 aliphatic rings. The van der Waals surface area contributed by atoms with Crippen molar-refractivity contribution < 1.29 is 0 Å². The van der Waals surface area contributed by atoms with Crippen LogP contribution in [0, 0.1) is 0 Å². The molecule has 2 aromatic rings. The molecule has 3 rings (SSSR count). The Morgan fingerprint density at radius 1 is 1.30 bits per heavy atom. The maximum absolute atomic E-state index is 4.48. The molecule has 0 aliphatic carbocycles. The highest BCUT2D eigenvalue weighted by molar-refractivity contribution is 7.98. The van der Waals surface area contributed by atoms with E-state index in [1.807, 2.05) is 12.1 Å². The lowest BCUT2D eigenvalue weighted by Gasteiger charge is -2.22. The highest BCUT2D eigenvalue weighted by atomic mass is 32.2. The number of aromatic nitrogens is 4. The van der Waals surface area contributed by atoms with E-state index >= 15 is 0 Å². The predicted molar refractivity (Wildman–Crippen MR) is 80.7 cm³/mol. The maximum Gasteiger partial charge on any atom is 0.204 e. The normalized spacial score (nSPS) is 19.1. The lowest BCUT2D eigenvalue weighted by molar-refractivity contribution is 0.332. The quantitative estimate of drug-likeness (QED) is 0.875. The Bertz CT molecular complexity index is 545. The molecule has 0 spiro atoms. The molecular formula is C14H19N5S. The second-order valence-electron chi connectivity index (χ2n) is 5.04. The molecule has 6 heteroatoms. The van der Waals surface area contributed by atoms with Crippen LogP contribution < -0.4 is 5.32 Å². The van der Waals surface area contributed by atoms with Gasteiger partial charge < -0.3 is 5.32 Å². The first-order chi connectivity index (χ1) is 9.85. The molecule has 2 heterocycles. The van der Waals surface area contributed by atoms with Gasteiger partial charge in [0.25, 0.3) is 0 Å². The summed E-state index contributed by atoms with van der Waals surface area (Å²) < 4.78 is 0. The van der Waals surface area contributed by atoms with Crippen molar-refractivity contribution in [3.05, 3.63) is 24.3 Å². The van der Waals surface area contributed by atoms with Crippen LogP contribution in [0.1, 0.15) is 19.3 Å². The van der Waals surface area contributed by atoms with E-state index in [1.165, 1.54) is 24.2 Å². The molecule has 0 amide bonds. The summed E-state index contributed by atoms with van der Waals surface area (Å²) in [5.41, 5.74) is 1.02. The summed E-state index contributed by atoms with van der Waals surface area (Å²) in [6.07, 6.45) is 5.82. The van der Waals surface area contributed by atoms with Crippen molar-refractivity contribution in [3.8, 4) is 11.4 Å². The average molecular weight is 289 g/mol. The smallest absolute Gasteiger partial charge is 0.204 e. The first-order valence-corrected chi connectivity index (χ1v) is 8.23. The van der Waals surface area contributed by atoms with E-state index < -0.39 is 0 Å². The van der Waals surface area contributed by atoms with Crippen molar-refractivity contribution >= 4 is 11.8 Å². The van der Waals surface area contributed by atoms with Crippen LogP contribution in [0.2, 0.25) is 0 Å². The van der Waals surface area contributed by atoms with Gasteiger partial charge in [-0.05, 0) is 55.1 Å². The zero-order chi connectivity index (χ0) is 13.8. The van der Waals surface area contributed by atoms with Crippen LogP contribution in [-0.2, 0) is 6.54 Å². The van der Waals surface area contributed by atoms with E-state index in [0.717, 1.165) is 18.7 Å². The molecule has 0 bridgehead atoms. The summed E-state index contributed by atoms with van der Waals surface area (Å²) in [6.45, 7) is 1.90. The molecule has 1 aromatic heterocycles. The molecule has 1 unspecified atom stereocenters. The van der Waals surface area contributed by atoms with E-state index in [2.05, 4.69) is 39.1 Å². The number of hydrogen-bond acceptors (Lipinski definition) is 5. The summed E-state index contributed by atoms with van der Waals surface area (Å²) in [5, 5.41) is 16.3. The van der Waals surface area contributed by atoms with Gasteiger partial charge in [0.2, 0.25) is 5.82 Å². The third-order valence-electron chi connectivity index (χ3n) is 3.60. The zero-order valence-corrected chi connectivity index (χ0v) is 12.4. The van der Waals surface area contributed by atoms with E-state index in [-0.39, 0.29) is 0 Å². The zero-order valence-electron chi connectivity index (χ0n) is 11.6. The SMILES string of the molecule is CSc1ccc(-c2nnn(CC3CCCCN3)n2)cc1. The topological polar surface area (TPSA) is 55.6 Å². The Labute approximate surface area is 123 Å². The molecule has 0 radical (unpaired) electrons. The molecule has 1 aromatic carbocycles. The third-order valence-corrected chi connectivity index (χ3v) is 4.34. The molecular weight excluding hydrogens is 270 g/mol. The Balaban J connectivity index is 1.68. The van der Waals surface area contributed by atoms with Gasteiger partial charge >= 0.3 is 0 Å². The van der Waals surface area contributed by atoms with Gasteiger partial charge in [-0.15, -0.1) is 22.0 Å². The molecule has 1 saturated heterocycles. The maximum atomic E-state index is 4.48. The number of nitrogens with one attached hydrogen (secondary N) is 1. The average Bonchev–Trinajstić information content (AvgIpc) is 2.97. The first-order valence-electron chi connectivity index (χ1n) is 7.01. The summed E-state index contributed by atoms with van der Waals surface area (Å²) in [4.78, 5) is 2.95. The largest absolute Gasteiger partial charge is 0.312 e. The van der Waals surface area contributed by atoms with Crippen LogP contribution in [-0.4, -0.2) is 39.0 Å². The number of nitrogens with zero attached hydrogens (tertiary/aromatic N) is 4. The van der Waals surface area contributed by atoms with Gasteiger partial charge in [0.15, 0.2) is 0 Å². The number of hydrogen-bond donors (Lipinski definition) is 1. The van der Waals surface area contributed by atoms with Gasteiger partial charge in [0.1, 0.15) is 0 Å². The van der Waals surface area contributed by atoms with E-state index in [0.29, 0.717) is 11.9 Å². The van der Waals surface area contributed by atoms with Crippen molar-refractivity contribution in [2.24, 2.45) is 0 Å². The van der Waals surface area contributed by atoms with Gasteiger partial charge in [-0.1, -0.05) is 6.42 Å². The third kappa shape index (κ3) is 3.19. The second-order valence-corrected chi connectivity index (χ2v) is 5.92. The fraction of sp³-hybridized carbons (Fsp3) is 0.500. The highest BCUT2D eigenvalue weighted by Gasteiger charge is 2.15. The molecule has 106 valence electrons. The van der Waals surface area contributed by atoms with Crippen LogP contribution in [0.5, 0.6) is 0 Å². The van der Waals surface area contributed by atoms with Crippen molar-refractivity contribution in [1.29, 1.82) is 0 Å². The van der Waals surface area contributed by atoms with Crippen LogP contribution in [0.4, 0.5) is 0 Å². The summed E-state index contributed by atoms with van der Waals surface area (Å²) >= 11 is 1.73. The molecule has 1 aliphatic heterocycles. The summed E-state index contributed by atoms with van der Waals surface area (Å²) in [7, 11) is 0. The van der Waals surface area contributed by atoms with Crippen molar-refractivity contribution in [3.63, 3.8) is 0 Å². The predicted octanol–water partition coefficient (Wildman–Crippen LogP) is 2.20. The van der Waals surface area contributed by atoms with E-state index in [1.54, 1.807) is 16.6 Å². The molecule has 5 nitrogen and oxygen atoms in total. The minimum Gasteiger partial charge on any atom is -0.312 e. The molecule has 1 N–H and O–H groups in total. The lowest BCUT2D eigenvalue weighted by Crippen LogP contribution is -2.37. The number of tetrazole rings is 1. The fourth-order valence-electron chi connectivity index (χ4n) is 2.45. The number of benzene rings is 1. The fourth-order valence-corrected chi connectivity index (χ4v) is 2.86. The van der Waals surface area contributed by atoms with E-state index in [4.69, 9.17) is 0 Å². The van der Waals surface area contributed by atoms with E-state index in [9.17, 15) is 0 Å². The molecule has 1 fully saturated rings. The Morgan fingerprint density at radius 3 is 2.85 bits per heavy atom. The minimum absolute atomic E-state index is 0.477. The Kier molecular flexibility index (Phi) is 4.32. The lowest BCUT2D eigenvalue weighted by atomic mass is 10.1.